The molecule has 3 heteroatoms. The van der Waals surface area contributed by atoms with Crippen molar-refractivity contribution >= 4 is 5.97 Å². The molecule has 2 atom stereocenters. The Kier molecular flexibility index (Phi) is 5.64. The summed E-state index contributed by atoms with van der Waals surface area (Å²) >= 11 is 0. The topological polar surface area (TPSA) is 57.5 Å². The van der Waals surface area contributed by atoms with Crippen LogP contribution in [0.3, 0.4) is 0 Å². The molecule has 0 radical (unpaired) electrons. The molecule has 2 N–H and O–H groups in total. The maximum atomic E-state index is 11.6. The molecule has 1 aliphatic rings. The van der Waals surface area contributed by atoms with E-state index in [2.05, 4.69) is 6.92 Å². The highest BCUT2D eigenvalue weighted by Gasteiger charge is 2.47. The average Bonchev–Trinajstić information content (AvgIpc) is 2.35. The van der Waals surface area contributed by atoms with Crippen molar-refractivity contribution in [3.63, 3.8) is 0 Å². The Hall–Kier alpha value is -0.570. The third kappa shape index (κ3) is 3.25. The predicted molar refractivity (Wildman–Crippen MR) is 72.4 cm³/mol. The molecule has 0 aromatic carbocycles. The largest absolute Gasteiger partial charge is 0.481 e. The minimum atomic E-state index is -0.718. The number of hydrogen-bond donors (Lipinski definition) is 2. The number of unbranched alkanes of at least 4 members (excludes halogenated alkanes) is 1. The Morgan fingerprint density at radius 1 is 1.33 bits per heavy atom. The Morgan fingerprint density at radius 2 is 1.89 bits per heavy atom. The molecule has 2 unspecified atom stereocenters. The van der Waals surface area contributed by atoms with Crippen molar-refractivity contribution in [1.29, 1.82) is 0 Å². The van der Waals surface area contributed by atoms with Crippen LogP contribution >= 0.6 is 0 Å². The second kappa shape index (κ2) is 6.55. The van der Waals surface area contributed by atoms with Crippen molar-refractivity contribution in [1.82, 2.24) is 0 Å². The van der Waals surface area contributed by atoms with E-state index >= 15 is 0 Å². The lowest BCUT2D eigenvalue weighted by Crippen LogP contribution is -2.44. The van der Waals surface area contributed by atoms with Crippen LogP contribution in [-0.4, -0.2) is 22.3 Å². The number of hydrogen-bond acceptors (Lipinski definition) is 2. The lowest BCUT2D eigenvalue weighted by Gasteiger charge is -2.42. The van der Waals surface area contributed by atoms with E-state index in [4.69, 9.17) is 0 Å². The summed E-state index contributed by atoms with van der Waals surface area (Å²) in [6.07, 6.45) is 6.60. The van der Waals surface area contributed by atoms with Crippen molar-refractivity contribution in [2.24, 2.45) is 17.3 Å². The van der Waals surface area contributed by atoms with E-state index in [1.54, 1.807) is 6.92 Å². The fourth-order valence-electron chi connectivity index (χ4n) is 3.30. The number of carboxylic acid groups (broad SMARTS) is 1. The van der Waals surface area contributed by atoms with Crippen LogP contribution in [0.5, 0.6) is 0 Å². The van der Waals surface area contributed by atoms with Gasteiger partial charge in [-0.25, -0.2) is 0 Å². The molecule has 0 aromatic rings. The first-order chi connectivity index (χ1) is 8.44. The van der Waals surface area contributed by atoms with Crippen molar-refractivity contribution in [2.75, 3.05) is 0 Å². The minimum Gasteiger partial charge on any atom is -0.481 e. The molecule has 0 heterocycles. The standard InChI is InChI=1S/C15H28O3/c1-4-5-6-13-7-9-15(10-8-13,14(17)18)11(2)12(3)16/h11-13,16H,4-10H2,1-3H3,(H,17,18). The zero-order valence-electron chi connectivity index (χ0n) is 12.0. The van der Waals surface area contributed by atoms with E-state index in [-0.39, 0.29) is 5.92 Å². The van der Waals surface area contributed by atoms with E-state index in [0.717, 1.165) is 25.7 Å². The first kappa shape index (κ1) is 15.5. The van der Waals surface area contributed by atoms with E-state index in [9.17, 15) is 15.0 Å². The monoisotopic (exact) mass is 256 g/mol. The lowest BCUT2D eigenvalue weighted by molar-refractivity contribution is -0.159. The van der Waals surface area contributed by atoms with Gasteiger partial charge in [0, 0.05) is 0 Å². The Labute approximate surface area is 111 Å². The highest BCUT2D eigenvalue weighted by atomic mass is 16.4. The fourth-order valence-corrected chi connectivity index (χ4v) is 3.30. The second-order valence-corrected chi connectivity index (χ2v) is 6.08. The van der Waals surface area contributed by atoms with Crippen LogP contribution in [0, 0.1) is 17.3 Å². The van der Waals surface area contributed by atoms with Gasteiger partial charge in [-0.2, -0.15) is 0 Å². The normalized spacial score (nSPS) is 31.9. The first-order valence-electron chi connectivity index (χ1n) is 7.35. The molecule has 1 fully saturated rings. The number of aliphatic hydroxyl groups excluding tert-OH is 1. The summed E-state index contributed by atoms with van der Waals surface area (Å²) in [6.45, 7) is 5.78. The van der Waals surface area contributed by atoms with E-state index < -0.39 is 17.5 Å². The van der Waals surface area contributed by atoms with Gasteiger partial charge in [0.1, 0.15) is 0 Å². The van der Waals surface area contributed by atoms with Gasteiger partial charge in [-0.05, 0) is 44.4 Å². The fraction of sp³-hybridized carbons (Fsp3) is 0.933. The molecule has 0 saturated heterocycles. The van der Waals surface area contributed by atoms with Crippen molar-refractivity contribution in [3.8, 4) is 0 Å². The van der Waals surface area contributed by atoms with Crippen molar-refractivity contribution < 1.29 is 15.0 Å². The maximum absolute atomic E-state index is 11.6. The zero-order valence-corrected chi connectivity index (χ0v) is 12.0. The molecular weight excluding hydrogens is 228 g/mol. The highest BCUT2D eigenvalue weighted by molar-refractivity contribution is 5.75. The summed E-state index contributed by atoms with van der Waals surface area (Å²) in [7, 11) is 0. The van der Waals surface area contributed by atoms with Gasteiger partial charge in [0.05, 0.1) is 11.5 Å². The summed E-state index contributed by atoms with van der Waals surface area (Å²) in [6, 6.07) is 0. The molecule has 1 rings (SSSR count). The molecule has 0 spiro atoms. The molecule has 0 bridgehead atoms. The predicted octanol–water partition coefficient (Wildman–Crippen LogP) is 3.45. The van der Waals surface area contributed by atoms with Crippen LogP contribution in [0.1, 0.15) is 65.7 Å². The van der Waals surface area contributed by atoms with Gasteiger partial charge in [-0.1, -0.05) is 33.1 Å². The van der Waals surface area contributed by atoms with Gasteiger partial charge in [-0.15, -0.1) is 0 Å². The van der Waals surface area contributed by atoms with Gasteiger partial charge >= 0.3 is 5.97 Å². The molecule has 0 aromatic heterocycles. The SMILES string of the molecule is CCCCC1CCC(C(=O)O)(C(C)C(C)O)CC1. The van der Waals surface area contributed by atoms with E-state index in [0.29, 0.717) is 5.92 Å². The smallest absolute Gasteiger partial charge is 0.310 e. The summed E-state index contributed by atoms with van der Waals surface area (Å²) in [5, 5.41) is 19.3. The van der Waals surface area contributed by atoms with Crippen LogP contribution < -0.4 is 0 Å². The zero-order chi connectivity index (χ0) is 13.8. The van der Waals surface area contributed by atoms with Crippen LogP contribution in [-0.2, 0) is 4.79 Å². The van der Waals surface area contributed by atoms with Crippen LogP contribution in [0.15, 0.2) is 0 Å². The average molecular weight is 256 g/mol. The lowest BCUT2D eigenvalue weighted by atomic mass is 9.62. The maximum Gasteiger partial charge on any atom is 0.310 e. The van der Waals surface area contributed by atoms with Crippen LogP contribution in [0.2, 0.25) is 0 Å². The summed E-state index contributed by atoms with van der Waals surface area (Å²) < 4.78 is 0. The Morgan fingerprint density at radius 3 is 2.28 bits per heavy atom. The second-order valence-electron chi connectivity index (χ2n) is 6.08. The van der Waals surface area contributed by atoms with Crippen LogP contribution in [0.25, 0.3) is 0 Å². The third-order valence-corrected chi connectivity index (χ3v) is 4.98. The summed E-state index contributed by atoms with van der Waals surface area (Å²) in [5.41, 5.74) is -0.698. The Balaban J connectivity index is 2.66. The quantitative estimate of drug-likeness (QED) is 0.765. The Bertz CT molecular complexity index is 265. The van der Waals surface area contributed by atoms with Gasteiger partial charge in [0.15, 0.2) is 0 Å². The number of aliphatic hydroxyl groups is 1. The molecule has 1 saturated carbocycles. The van der Waals surface area contributed by atoms with Gasteiger partial charge in [-0.3, -0.25) is 4.79 Å². The van der Waals surface area contributed by atoms with E-state index in [1.165, 1.54) is 19.3 Å². The molecule has 0 amide bonds. The van der Waals surface area contributed by atoms with Crippen molar-refractivity contribution in [2.45, 2.75) is 71.8 Å². The third-order valence-electron chi connectivity index (χ3n) is 4.98. The highest BCUT2D eigenvalue weighted by Crippen LogP contribution is 2.46. The van der Waals surface area contributed by atoms with Gasteiger partial charge in [0.2, 0.25) is 0 Å². The molecular formula is C15H28O3. The molecule has 1 aliphatic carbocycles. The first-order valence-corrected chi connectivity index (χ1v) is 7.35. The molecule has 3 nitrogen and oxygen atoms in total. The van der Waals surface area contributed by atoms with Crippen LogP contribution in [0.4, 0.5) is 0 Å². The molecule has 106 valence electrons. The molecule has 18 heavy (non-hydrogen) atoms. The summed E-state index contributed by atoms with van der Waals surface area (Å²) in [4.78, 5) is 11.6. The van der Waals surface area contributed by atoms with Gasteiger partial charge in [0.25, 0.3) is 0 Å². The number of carboxylic acids is 1. The molecule has 0 aliphatic heterocycles. The number of rotatable bonds is 6. The summed E-state index contributed by atoms with van der Waals surface area (Å²) in [5.74, 6) is -0.189. The minimum absolute atomic E-state index is 0.165. The van der Waals surface area contributed by atoms with Gasteiger partial charge < -0.3 is 10.2 Å². The number of carbonyl (C=O) groups is 1. The van der Waals surface area contributed by atoms with E-state index in [1.807, 2.05) is 6.92 Å². The van der Waals surface area contributed by atoms with Crippen molar-refractivity contribution in [3.05, 3.63) is 0 Å². The number of aliphatic carboxylic acids is 1.